The number of ether oxygens (including phenoxy) is 1. The molecule has 0 aliphatic heterocycles. The van der Waals surface area contributed by atoms with Crippen molar-refractivity contribution in [1.29, 1.82) is 0 Å². The predicted octanol–water partition coefficient (Wildman–Crippen LogP) is 5.46. The van der Waals surface area contributed by atoms with E-state index < -0.39 is 0 Å². The van der Waals surface area contributed by atoms with Crippen LogP contribution in [0.25, 0.3) is 0 Å². The molecule has 0 atom stereocenters. The molecule has 0 aliphatic rings. The normalized spacial score (nSPS) is 10.9. The van der Waals surface area contributed by atoms with Crippen LogP contribution < -0.4 is 10.1 Å². The van der Waals surface area contributed by atoms with E-state index in [1.807, 2.05) is 69.3 Å². The summed E-state index contributed by atoms with van der Waals surface area (Å²) in [4.78, 5) is 18.3. The molecule has 0 bridgehead atoms. The maximum atomic E-state index is 12.8. The molecule has 6 heteroatoms. The number of nitrogens with zero attached hydrogens (tertiary/aromatic N) is 1. The van der Waals surface area contributed by atoms with Gasteiger partial charge in [0.25, 0.3) is 5.91 Å². The number of carbonyl (C=O) groups is 1. The van der Waals surface area contributed by atoms with E-state index in [2.05, 4.69) is 15.7 Å². The highest BCUT2D eigenvalue weighted by Crippen LogP contribution is 2.27. The molecule has 3 rings (SSSR count). The van der Waals surface area contributed by atoms with Crippen molar-refractivity contribution in [3.05, 3.63) is 75.7 Å². The third-order valence-corrected chi connectivity index (χ3v) is 5.88. The summed E-state index contributed by atoms with van der Waals surface area (Å²) in [6, 6.07) is 15.5. The number of amides is 1. The third kappa shape index (κ3) is 5.59. The zero-order valence-corrected chi connectivity index (χ0v) is 17.9. The van der Waals surface area contributed by atoms with Crippen molar-refractivity contribution in [2.45, 2.75) is 44.1 Å². The molecular weight excluding hydrogens is 388 g/mol. The van der Waals surface area contributed by atoms with Gasteiger partial charge in [0.2, 0.25) is 0 Å². The average Bonchev–Trinajstić information content (AvgIpc) is 3.10. The van der Waals surface area contributed by atoms with Crippen LogP contribution in [0.2, 0.25) is 0 Å². The quantitative estimate of drug-likeness (QED) is 0.499. The van der Waals surface area contributed by atoms with Crippen LogP contribution in [0.5, 0.6) is 5.75 Å². The van der Waals surface area contributed by atoms with Crippen molar-refractivity contribution in [2.75, 3.05) is 0 Å². The summed E-state index contributed by atoms with van der Waals surface area (Å²) in [5, 5.41) is 6.15. The molecule has 0 saturated carbocycles. The van der Waals surface area contributed by atoms with Crippen LogP contribution in [0.15, 0.2) is 58.8 Å². The lowest BCUT2D eigenvalue weighted by molar-refractivity contribution is 0.0947. The van der Waals surface area contributed by atoms with Gasteiger partial charge in [-0.15, -0.1) is 23.1 Å². The van der Waals surface area contributed by atoms with Gasteiger partial charge < -0.3 is 10.1 Å². The smallest absolute Gasteiger partial charge is 0.252 e. The minimum Gasteiger partial charge on any atom is -0.491 e. The van der Waals surface area contributed by atoms with Gasteiger partial charge in [0.1, 0.15) is 5.75 Å². The van der Waals surface area contributed by atoms with Crippen LogP contribution in [0.3, 0.4) is 0 Å². The highest BCUT2D eigenvalue weighted by Gasteiger charge is 2.13. The van der Waals surface area contributed by atoms with Crippen LogP contribution in [-0.4, -0.2) is 17.0 Å². The molecule has 0 fully saturated rings. The molecule has 4 nitrogen and oxygen atoms in total. The van der Waals surface area contributed by atoms with Gasteiger partial charge in [0, 0.05) is 28.1 Å². The molecular formula is C22H24N2O2S2. The lowest BCUT2D eigenvalue weighted by atomic mass is 10.1. The van der Waals surface area contributed by atoms with Gasteiger partial charge in [-0.1, -0.05) is 30.3 Å². The van der Waals surface area contributed by atoms with Crippen LogP contribution in [0, 0.1) is 6.92 Å². The van der Waals surface area contributed by atoms with Crippen LogP contribution in [0.4, 0.5) is 0 Å². The Morgan fingerprint density at radius 2 is 1.93 bits per heavy atom. The molecule has 2 aromatic carbocycles. The molecule has 0 spiro atoms. The molecule has 0 saturated heterocycles. The molecule has 0 unspecified atom stereocenters. The Labute approximate surface area is 174 Å². The monoisotopic (exact) mass is 412 g/mol. The number of para-hydroxylation sites is 1. The van der Waals surface area contributed by atoms with Gasteiger partial charge in [-0.2, -0.15) is 0 Å². The molecule has 1 heterocycles. The van der Waals surface area contributed by atoms with E-state index in [-0.39, 0.29) is 12.0 Å². The Morgan fingerprint density at radius 3 is 2.68 bits per heavy atom. The fourth-order valence-electron chi connectivity index (χ4n) is 2.70. The van der Waals surface area contributed by atoms with Gasteiger partial charge in [-0.05, 0) is 39.0 Å². The van der Waals surface area contributed by atoms with Crippen molar-refractivity contribution in [1.82, 2.24) is 10.3 Å². The predicted molar refractivity (Wildman–Crippen MR) is 116 cm³/mol. The fourth-order valence-corrected chi connectivity index (χ4v) is 4.36. The molecule has 1 amide bonds. The number of rotatable bonds is 8. The molecule has 0 aliphatic carbocycles. The lowest BCUT2D eigenvalue weighted by Gasteiger charge is -2.15. The van der Waals surface area contributed by atoms with Crippen LogP contribution in [0.1, 0.15) is 40.5 Å². The van der Waals surface area contributed by atoms with Crippen molar-refractivity contribution in [2.24, 2.45) is 0 Å². The second kappa shape index (κ2) is 9.75. The number of thioether (sulfide) groups is 1. The minimum atomic E-state index is -0.0862. The fraction of sp³-hybridized carbons (Fsp3) is 0.273. The van der Waals surface area contributed by atoms with Crippen molar-refractivity contribution < 1.29 is 9.53 Å². The topological polar surface area (TPSA) is 51.2 Å². The Morgan fingerprint density at radius 1 is 1.18 bits per heavy atom. The van der Waals surface area contributed by atoms with Gasteiger partial charge in [-0.25, -0.2) is 4.98 Å². The summed E-state index contributed by atoms with van der Waals surface area (Å²) in [6.45, 7) is 6.41. The summed E-state index contributed by atoms with van der Waals surface area (Å²) in [7, 11) is 0. The number of carbonyl (C=O) groups excluding carboxylic acids is 1. The zero-order valence-electron chi connectivity index (χ0n) is 16.3. The minimum absolute atomic E-state index is 0.0862. The maximum absolute atomic E-state index is 12.8. The Kier molecular flexibility index (Phi) is 7.12. The molecule has 1 aromatic heterocycles. The van der Waals surface area contributed by atoms with E-state index in [1.165, 1.54) is 0 Å². The average molecular weight is 413 g/mol. The first-order valence-electron chi connectivity index (χ1n) is 9.18. The van der Waals surface area contributed by atoms with Gasteiger partial charge in [0.15, 0.2) is 0 Å². The van der Waals surface area contributed by atoms with E-state index in [0.29, 0.717) is 12.1 Å². The first-order chi connectivity index (χ1) is 13.5. The van der Waals surface area contributed by atoms with Gasteiger partial charge in [-0.3, -0.25) is 4.79 Å². The molecule has 1 N–H and O–H groups in total. The van der Waals surface area contributed by atoms with Crippen LogP contribution >= 0.6 is 23.1 Å². The summed E-state index contributed by atoms with van der Waals surface area (Å²) in [6.07, 6.45) is 0.0864. The van der Waals surface area contributed by atoms with E-state index in [1.54, 1.807) is 23.1 Å². The molecule has 28 heavy (non-hydrogen) atoms. The van der Waals surface area contributed by atoms with E-state index in [9.17, 15) is 4.79 Å². The Balaban J connectivity index is 1.66. The van der Waals surface area contributed by atoms with Crippen molar-refractivity contribution in [3.8, 4) is 5.75 Å². The first-order valence-corrected chi connectivity index (χ1v) is 11.0. The highest BCUT2D eigenvalue weighted by atomic mass is 32.2. The van der Waals surface area contributed by atoms with E-state index >= 15 is 0 Å². The number of thiazole rings is 1. The summed E-state index contributed by atoms with van der Waals surface area (Å²) in [5.41, 5.74) is 2.69. The summed E-state index contributed by atoms with van der Waals surface area (Å²) in [5.74, 6) is 1.47. The highest BCUT2D eigenvalue weighted by molar-refractivity contribution is 7.98. The number of aromatic nitrogens is 1. The van der Waals surface area contributed by atoms with Gasteiger partial charge in [0.05, 0.1) is 22.4 Å². The molecule has 0 radical (unpaired) electrons. The lowest BCUT2D eigenvalue weighted by Crippen LogP contribution is -2.24. The zero-order chi connectivity index (χ0) is 19.9. The van der Waals surface area contributed by atoms with E-state index in [0.717, 1.165) is 32.7 Å². The number of hydrogen-bond acceptors (Lipinski definition) is 5. The summed E-state index contributed by atoms with van der Waals surface area (Å²) < 4.78 is 5.84. The molecule has 146 valence electrons. The maximum Gasteiger partial charge on any atom is 0.252 e. The third-order valence-electron chi connectivity index (χ3n) is 3.95. The standard InChI is InChI=1S/C22H24N2O2S2/c1-15(2)26-20-10-6-4-8-17(20)12-23-22(25)19-9-5-7-11-21(19)28-14-18-13-27-16(3)24-18/h4-11,13,15H,12,14H2,1-3H3,(H,23,25). The van der Waals surface area contributed by atoms with E-state index in [4.69, 9.17) is 4.74 Å². The second-order valence-electron chi connectivity index (χ2n) is 6.60. The number of nitrogens with one attached hydrogen (secondary N) is 1. The Bertz CT molecular complexity index is 938. The van der Waals surface area contributed by atoms with Crippen molar-refractivity contribution in [3.63, 3.8) is 0 Å². The first kappa shape index (κ1) is 20.4. The number of benzene rings is 2. The Hall–Kier alpha value is -2.31. The van der Waals surface area contributed by atoms with Crippen molar-refractivity contribution >= 4 is 29.0 Å². The SMILES string of the molecule is Cc1nc(CSc2ccccc2C(=O)NCc2ccccc2OC(C)C)cs1. The summed E-state index contributed by atoms with van der Waals surface area (Å²) >= 11 is 3.28. The number of hydrogen-bond donors (Lipinski definition) is 1. The largest absolute Gasteiger partial charge is 0.491 e. The second-order valence-corrected chi connectivity index (χ2v) is 8.68. The van der Waals surface area contributed by atoms with Gasteiger partial charge >= 0.3 is 0 Å². The number of aryl methyl sites for hydroxylation is 1. The molecule has 3 aromatic rings. The van der Waals surface area contributed by atoms with Crippen LogP contribution in [-0.2, 0) is 12.3 Å².